The van der Waals surface area contributed by atoms with Crippen LogP contribution in [0.25, 0.3) is 10.9 Å². The van der Waals surface area contributed by atoms with E-state index in [4.69, 9.17) is 10.5 Å². The maximum atomic E-state index is 13.2. The first kappa shape index (κ1) is 18.3. The van der Waals surface area contributed by atoms with E-state index in [1.54, 1.807) is 0 Å². The summed E-state index contributed by atoms with van der Waals surface area (Å²) in [7, 11) is 0. The van der Waals surface area contributed by atoms with Gasteiger partial charge in [0.25, 0.3) is 5.91 Å². The molecule has 0 unspecified atom stereocenters. The summed E-state index contributed by atoms with van der Waals surface area (Å²) in [5.41, 5.74) is 8.15. The molecule has 1 fully saturated rings. The number of rotatable bonds is 5. The van der Waals surface area contributed by atoms with Gasteiger partial charge in [0.1, 0.15) is 11.4 Å². The average molecular weight is 357 g/mol. The lowest BCUT2D eigenvalue weighted by Gasteiger charge is -2.31. The molecule has 2 aromatic rings. The third-order valence-electron chi connectivity index (χ3n) is 5.30. The molecule has 2 N–H and O–H groups in total. The highest BCUT2D eigenvalue weighted by Crippen LogP contribution is 2.31. The quantitative estimate of drug-likeness (QED) is 0.894. The number of nitrogens with zero attached hydrogens (tertiary/aromatic N) is 2. The fraction of sp³-hybridized carbons (Fsp3) is 0.500. The molecule has 1 saturated heterocycles. The highest BCUT2D eigenvalue weighted by molar-refractivity contribution is 6.02. The van der Waals surface area contributed by atoms with Crippen molar-refractivity contribution in [1.82, 2.24) is 9.47 Å². The Kier molecular flexibility index (Phi) is 5.20. The molecule has 0 atom stereocenters. The largest absolute Gasteiger partial charge is 0.494 e. The maximum Gasteiger partial charge on any atom is 0.270 e. The van der Waals surface area contributed by atoms with Crippen molar-refractivity contribution >= 4 is 22.7 Å². The van der Waals surface area contributed by atoms with E-state index in [-0.39, 0.29) is 17.7 Å². The molecule has 140 valence electrons. The van der Waals surface area contributed by atoms with E-state index in [2.05, 4.69) is 4.57 Å². The van der Waals surface area contributed by atoms with Crippen LogP contribution in [0.4, 0.5) is 0 Å². The molecule has 1 aromatic carbocycles. The first-order valence-electron chi connectivity index (χ1n) is 9.32. The molecule has 1 aliphatic heterocycles. The van der Waals surface area contributed by atoms with E-state index >= 15 is 0 Å². The van der Waals surface area contributed by atoms with Crippen LogP contribution in [0.5, 0.6) is 5.75 Å². The Labute approximate surface area is 153 Å². The molecular formula is C20H27N3O3. The van der Waals surface area contributed by atoms with Gasteiger partial charge in [-0.15, -0.1) is 0 Å². The summed E-state index contributed by atoms with van der Waals surface area (Å²) >= 11 is 0. The highest BCUT2D eigenvalue weighted by atomic mass is 16.5. The molecule has 0 bridgehead atoms. The van der Waals surface area contributed by atoms with Crippen LogP contribution in [0.2, 0.25) is 0 Å². The van der Waals surface area contributed by atoms with Gasteiger partial charge in [-0.3, -0.25) is 9.59 Å². The number of amides is 2. The number of carbonyl (C=O) groups excluding carboxylic acids is 2. The van der Waals surface area contributed by atoms with Crippen LogP contribution in [0, 0.1) is 12.8 Å². The number of hydrogen-bond donors (Lipinski definition) is 1. The van der Waals surface area contributed by atoms with Crippen LogP contribution in [0.3, 0.4) is 0 Å². The van der Waals surface area contributed by atoms with Gasteiger partial charge < -0.3 is 19.9 Å². The van der Waals surface area contributed by atoms with E-state index in [9.17, 15) is 9.59 Å². The van der Waals surface area contributed by atoms with Gasteiger partial charge in [-0.1, -0.05) is 0 Å². The molecule has 0 radical (unpaired) electrons. The van der Waals surface area contributed by atoms with E-state index < -0.39 is 0 Å². The van der Waals surface area contributed by atoms with Gasteiger partial charge >= 0.3 is 0 Å². The number of carbonyl (C=O) groups is 2. The summed E-state index contributed by atoms with van der Waals surface area (Å²) in [5.74, 6) is 0.462. The van der Waals surface area contributed by atoms with E-state index in [0.717, 1.165) is 34.5 Å². The Morgan fingerprint density at radius 3 is 2.50 bits per heavy atom. The van der Waals surface area contributed by atoms with Crippen LogP contribution in [-0.2, 0) is 11.3 Å². The average Bonchev–Trinajstić information content (AvgIpc) is 2.93. The molecule has 2 heterocycles. The Bertz CT molecular complexity index is 832. The van der Waals surface area contributed by atoms with Crippen molar-refractivity contribution in [1.29, 1.82) is 0 Å². The monoisotopic (exact) mass is 357 g/mol. The number of ether oxygens (including phenoxy) is 1. The van der Waals surface area contributed by atoms with Crippen LogP contribution >= 0.6 is 0 Å². The van der Waals surface area contributed by atoms with Gasteiger partial charge in [-0.25, -0.2) is 0 Å². The Morgan fingerprint density at radius 2 is 1.92 bits per heavy atom. The minimum atomic E-state index is -0.264. The second kappa shape index (κ2) is 7.40. The Balaban J connectivity index is 1.95. The van der Waals surface area contributed by atoms with Crippen LogP contribution in [0.1, 0.15) is 42.7 Å². The molecule has 3 rings (SSSR count). The number of nitrogens with two attached hydrogens (primary N) is 1. The Morgan fingerprint density at radius 1 is 1.23 bits per heavy atom. The zero-order valence-electron chi connectivity index (χ0n) is 15.7. The van der Waals surface area contributed by atoms with E-state index in [1.165, 1.54) is 0 Å². The number of fused-ring (bicyclic) bond motifs is 1. The van der Waals surface area contributed by atoms with Crippen molar-refractivity contribution in [2.75, 3.05) is 19.7 Å². The number of hydrogen-bond acceptors (Lipinski definition) is 3. The zero-order valence-corrected chi connectivity index (χ0v) is 15.7. The van der Waals surface area contributed by atoms with Crippen molar-refractivity contribution < 1.29 is 14.3 Å². The molecule has 6 heteroatoms. The molecule has 0 spiro atoms. The molecular weight excluding hydrogens is 330 g/mol. The Hall–Kier alpha value is -2.50. The van der Waals surface area contributed by atoms with Crippen molar-refractivity contribution in [2.45, 2.75) is 40.2 Å². The van der Waals surface area contributed by atoms with Crippen LogP contribution in [0.15, 0.2) is 18.2 Å². The summed E-state index contributed by atoms with van der Waals surface area (Å²) < 4.78 is 7.69. The topological polar surface area (TPSA) is 77.6 Å². The van der Waals surface area contributed by atoms with Crippen molar-refractivity contribution in [3.8, 4) is 5.75 Å². The predicted octanol–water partition coefficient (Wildman–Crippen LogP) is 2.71. The molecule has 1 aromatic heterocycles. The molecule has 6 nitrogen and oxygen atoms in total. The smallest absolute Gasteiger partial charge is 0.270 e. The highest BCUT2D eigenvalue weighted by Gasteiger charge is 2.29. The van der Waals surface area contributed by atoms with Gasteiger partial charge in [0.15, 0.2) is 0 Å². The first-order chi connectivity index (χ1) is 12.5. The number of likely N-dealkylation sites (tertiary alicyclic amines) is 1. The minimum Gasteiger partial charge on any atom is -0.494 e. The minimum absolute atomic E-state index is 0.0291. The lowest BCUT2D eigenvalue weighted by atomic mass is 9.96. The second-order valence-electron chi connectivity index (χ2n) is 6.80. The van der Waals surface area contributed by atoms with Gasteiger partial charge in [0.2, 0.25) is 5.91 Å². The van der Waals surface area contributed by atoms with Gasteiger partial charge in [-0.05, 0) is 57.4 Å². The third-order valence-corrected chi connectivity index (χ3v) is 5.30. The van der Waals surface area contributed by atoms with Gasteiger partial charge in [-0.2, -0.15) is 0 Å². The second-order valence-corrected chi connectivity index (χ2v) is 6.80. The molecule has 2 amide bonds. The zero-order chi connectivity index (χ0) is 18.8. The molecule has 1 aliphatic rings. The standard InChI is InChI=1S/C20H27N3O3/c1-4-23-17-7-6-15(26-5-2)12-16(17)13(3)18(23)20(25)22-10-8-14(9-11-22)19(21)24/h6-7,12,14H,4-5,8-11H2,1-3H3,(H2,21,24). The van der Waals surface area contributed by atoms with Crippen molar-refractivity contribution in [3.63, 3.8) is 0 Å². The molecule has 0 saturated carbocycles. The number of piperidine rings is 1. The summed E-state index contributed by atoms with van der Waals surface area (Å²) in [6, 6.07) is 5.98. The molecule has 0 aliphatic carbocycles. The number of aromatic nitrogens is 1. The summed E-state index contributed by atoms with van der Waals surface area (Å²) in [5, 5.41) is 1.05. The fourth-order valence-electron chi connectivity index (χ4n) is 3.88. The lowest BCUT2D eigenvalue weighted by molar-refractivity contribution is -0.123. The normalized spacial score (nSPS) is 15.4. The van der Waals surface area contributed by atoms with E-state index in [0.29, 0.717) is 32.5 Å². The maximum absolute atomic E-state index is 13.2. The number of primary amides is 1. The third kappa shape index (κ3) is 3.16. The van der Waals surface area contributed by atoms with E-state index in [1.807, 2.05) is 43.9 Å². The van der Waals surface area contributed by atoms with Crippen LogP contribution in [-0.4, -0.2) is 41.0 Å². The predicted molar refractivity (Wildman–Crippen MR) is 101 cm³/mol. The van der Waals surface area contributed by atoms with Crippen molar-refractivity contribution in [2.24, 2.45) is 11.7 Å². The van der Waals surface area contributed by atoms with Crippen LogP contribution < -0.4 is 10.5 Å². The number of benzene rings is 1. The van der Waals surface area contributed by atoms with Crippen molar-refractivity contribution in [3.05, 3.63) is 29.5 Å². The molecule has 26 heavy (non-hydrogen) atoms. The fourth-order valence-corrected chi connectivity index (χ4v) is 3.88. The summed E-state index contributed by atoms with van der Waals surface area (Å²) in [6.07, 6.45) is 1.28. The summed E-state index contributed by atoms with van der Waals surface area (Å²) in [6.45, 7) is 8.47. The SMILES string of the molecule is CCOc1ccc2c(c1)c(C)c(C(=O)N1CCC(C(N)=O)CC1)n2CC. The number of aryl methyl sites for hydroxylation is 2. The first-order valence-corrected chi connectivity index (χ1v) is 9.32. The van der Waals surface area contributed by atoms with Gasteiger partial charge in [0.05, 0.1) is 6.61 Å². The van der Waals surface area contributed by atoms with Gasteiger partial charge in [0, 0.05) is 36.5 Å². The lowest BCUT2D eigenvalue weighted by Crippen LogP contribution is -2.42. The summed E-state index contributed by atoms with van der Waals surface area (Å²) in [4.78, 5) is 26.4.